The van der Waals surface area contributed by atoms with E-state index in [1.165, 1.54) is 6.92 Å². The number of carbonyl (C=O) groups excluding carboxylic acids is 3. The Hall–Kier alpha value is -4.66. The zero-order valence-electron chi connectivity index (χ0n) is 26.7. The second-order valence-electron chi connectivity index (χ2n) is 12.1. The van der Waals surface area contributed by atoms with E-state index in [1.807, 2.05) is 13.8 Å². The van der Waals surface area contributed by atoms with Crippen LogP contribution in [0.3, 0.4) is 0 Å². The molecule has 0 fully saturated rings. The lowest BCUT2D eigenvalue weighted by molar-refractivity contribution is -0.154. The van der Waals surface area contributed by atoms with E-state index in [0.717, 1.165) is 0 Å². The lowest BCUT2D eigenvalue weighted by Crippen LogP contribution is -2.45. The van der Waals surface area contributed by atoms with E-state index in [2.05, 4.69) is 30.9 Å². The van der Waals surface area contributed by atoms with Gasteiger partial charge in [0.25, 0.3) is 5.91 Å². The molecule has 0 aliphatic carbocycles. The van der Waals surface area contributed by atoms with Gasteiger partial charge in [0.2, 0.25) is 17.8 Å². The van der Waals surface area contributed by atoms with Crippen LogP contribution in [-0.4, -0.2) is 76.5 Å². The molecule has 4 aliphatic heterocycles. The van der Waals surface area contributed by atoms with Crippen LogP contribution in [-0.2, 0) is 16.1 Å². The van der Waals surface area contributed by atoms with Gasteiger partial charge in [-0.2, -0.15) is 28.1 Å². The van der Waals surface area contributed by atoms with Crippen LogP contribution >= 0.6 is 11.6 Å². The summed E-state index contributed by atoms with van der Waals surface area (Å²) in [4.78, 5) is 51.5. The number of anilines is 3. The lowest BCUT2D eigenvalue weighted by Gasteiger charge is -2.33. The molecule has 0 saturated carbocycles. The average Bonchev–Trinajstić information content (AvgIpc) is 3.02. The molecule has 3 N–H and O–H groups in total. The Balaban J connectivity index is 1.59. The summed E-state index contributed by atoms with van der Waals surface area (Å²) in [6.07, 6.45) is -3.89. The van der Waals surface area contributed by atoms with Crippen LogP contribution in [0.25, 0.3) is 0 Å². The first-order chi connectivity index (χ1) is 22.7. The number of rotatable bonds is 5. The third-order valence-corrected chi connectivity index (χ3v) is 7.35. The number of amides is 2. The number of alkyl halides is 3. The standard InChI is InChI=1S/C32H37ClF3N7O5/c1-20(44)5-12-26(45)43-13-4-14-47-25-11-6-21(15-24(25)33)16-37-28-40-29(42-30(41-28)48-19-32(34,35)36)39-23-9-7-22(8-10-23)27(46)38-17-31(2,3)18-43/h6-11,15H,4-5,12-14,16-19H2,1-3H3,(H,38,46)(H2,37,39,40,41,42). The van der Waals surface area contributed by atoms with Gasteiger partial charge in [-0.1, -0.05) is 31.5 Å². The number of hydrogen-bond donors (Lipinski definition) is 3. The predicted molar refractivity (Wildman–Crippen MR) is 173 cm³/mol. The Morgan fingerprint density at radius 3 is 2.46 bits per heavy atom. The minimum atomic E-state index is -4.61. The van der Waals surface area contributed by atoms with Crippen molar-refractivity contribution in [3.8, 4) is 11.8 Å². The second-order valence-corrected chi connectivity index (χ2v) is 12.5. The fourth-order valence-corrected chi connectivity index (χ4v) is 4.91. The fourth-order valence-electron chi connectivity index (χ4n) is 4.65. The third-order valence-electron chi connectivity index (χ3n) is 7.05. The number of benzene rings is 2. The summed E-state index contributed by atoms with van der Waals surface area (Å²) in [7, 11) is 0. The summed E-state index contributed by atoms with van der Waals surface area (Å²) in [6, 6.07) is 10.9. The molecule has 7 rings (SSSR count). The SMILES string of the molecule is CC(=O)CCC(=O)N1CCCOc2ccc(cc2Cl)CNc2nc(nc(OCC(F)(F)F)n2)Nc2ccc(cc2)C(=O)NCC(C)(C)C1. The van der Waals surface area contributed by atoms with Gasteiger partial charge in [0.05, 0.1) is 11.6 Å². The highest BCUT2D eigenvalue weighted by molar-refractivity contribution is 6.32. The van der Waals surface area contributed by atoms with Gasteiger partial charge in [-0.25, -0.2) is 0 Å². The zero-order chi connectivity index (χ0) is 34.9. The van der Waals surface area contributed by atoms with Crippen molar-refractivity contribution in [1.29, 1.82) is 0 Å². The van der Waals surface area contributed by atoms with Gasteiger partial charge in [0.15, 0.2) is 6.61 Å². The van der Waals surface area contributed by atoms with Gasteiger partial charge in [0, 0.05) is 50.3 Å². The minimum absolute atomic E-state index is 0.0587. The summed E-state index contributed by atoms with van der Waals surface area (Å²) in [5, 5.41) is 9.07. The average molecular weight is 692 g/mol. The van der Waals surface area contributed by atoms with E-state index in [9.17, 15) is 27.6 Å². The van der Waals surface area contributed by atoms with Crippen molar-refractivity contribution in [1.82, 2.24) is 25.2 Å². The van der Waals surface area contributed by atoms with Crippen LogP contribution < -0.4 is 25.4 Å². The Labute approximate surface area is 280 Å². The molecule has 2 amide bonds. The number of hydrogen-bond acceptors (Lipinski definition) is 10. The number of ketones is 1. The smallest absolute Gasteiger partial charge is 0.422 e. The molecule has 4 aliphatic rings. The van der Waals surface area contributed by atoms with Gasteiger partial charge in [-0.15, -0.1) is 0 Å². The summed E-state index contributed by atoms with van der Waals surface area (Å²) < 4.78 is 49.2. The van der Waals surface area contributed by atoms with Crippen LogP contribution in [0.1, 0.15) is 56.0 Å². The molecule has 2 aromatic carbocycles. The third kappa shape index (κ3) is 11.5. The van der Waals surface area contributed by atoms with Crippen LogP contribution in [0.2, 0.25) is 5.02 Å². The normalized spacial score (nSPS) is 15.7. The van der Waals surface area contributed by atoms with Crippen molar-refractivity contribution in [3.63, 3.8) is 0 Å². The first-order valence-corrected chi connectivity index (χ1v) is 15.6. The molecular weight excluding hydrogens is 655 g/mol. The van der Waals surface area contributed by atoms with E-state index in [0.29, 0.717) is 47.1 Å². The van der Waals surface area contributed by atoms with Crippen molar-refractivity contribution in [2.45, 2.75) is 52.8 Å². The van der Waals surface area contributed by atoms with Crippen LogP contribution in [0, 0.1) is 5.41 Å². The van der Waals surface area contributed by atoms with Crippen LogP contribution in [0.15, 0.2) is 42.5 Å². The van der Waals surface area contributed by atoms with E-state index < -0.39 is 24.2 Å². The maximum atomic E-state index is 13.1. The molecule has 3 aromatic rings. The maximum Gasteiger partial charge on any atom is 0.422 e. The molecule has 1 aromatic heterocycles. The van der Waals surface area contributed by atoms with Crippen molar-refractivity contribution < 1.29 is 37.0 Å². The van der Waals surface area contributed by atoms with Crippen molar-refractivity contribution in [3.05, 3.63) is 58.6 Å². The monoisotopic (exact) mass is 691 g/mol. The van der Waals surface area contributed by atoms with Crippen molar-refractivity contribution in [2.75, 3.05) is 43.5 Å². The predicted octanol–water partition coefficient (Wildman–Crippen LogP) is 5.56. The Morgan fingerprint density at radius 1 is 1.04 bits per heavy atom. The van der Waals surface area contributed by atoms with Crippen LogP contribution in [0.4, 0.5) is 30.8 Å². The van der Waals surface area contributed by atoms with E-state index in [4.69, 9.17) is 21.1 Å². The molecule has 48 heavy (non-hydrogen) atoms. The number of ether oxygens (including phenoxy) is 2. The molecule has 6 bridgehead atoms. The van der Waals surface area contributed by atoms with Gasteiger partial charge in [-0.3, -0.25) is 9.59 Å². The number of halogens is 4. The Bertz CT molecular complexity index is 1610. The van der Waals surface area contributed by atoms with Gasteiger partial charge in [0.1, 0.15) is 11.5 Å². The van der Waals surface area contributed by atoms with E-state index in [1.54, 1.807) is 47.4 Å². The number of Topliss-reactive ketones (excluding diaryl/α,β-unsaturated/α-hetero) is 1. The summed E-state index contributed by atoms with van der Waals surface area (Å²) in [5.74, 6) is -0.308. The van der Waals surface area contributed by atoms with Crippen molar-refractivity contribution in [2.24, 2.45) is 5.41 Å². The Kier molecular flexibility index (Phi) is 12.0. The first kappa shape index (κ1) is 36.2. The fraction of sp³-hybridized carbons (Fsp3) is 0.438. The number of aromatic nitrogens is 3. The summed E-state index contributed by atoms with van der Waals surface area (Å²) in [6.45, 7) is 5.06. The minimum Gasteiger partial charge on any atom is -0.492 e. The van der Waals surface area contributed by atoms with Gasteiger partial charge in [-0.05, 0) is 60.7 Å². The summed E-state index contributed by atoms with van der Waals surface area (Å²) in [5.41, 5.74) is 0.983. The highest BCUT2D eigenvalue weighted by Crippen LogP contribution is 2.27. The lowest BCUT2D eigenvalue weighted by atomic mass is 9.92. The highest BCUT2D eigenvalue weighted by Gasteiger charge is 2.29. The molecule has 12 nitrogen and oxygen atoms in total. The number of nitrogens with one attached hydrogen (secondary N) is 3. The largest absolute Gasteiger partial charge is 0.492 e. The number of carbonyl (C=O) groups is 3. The molecule has 0 saturated heterocycles. The second kappa shape index (κ2) is 16.0. The van der Waals surface area contributed by atoms with E-state index >= 15 is 0 Å². The highest BCUT2D eigenvalue weighted by atomic mass is 35.5. The molecule has 0 unspecified atom stereocenters. The zero-order valence-corrected chi connectivity index (χ0v) is 27.5. The molecular formula is C32H37ClF3N7O5. The first-order valence-electron chi connectivity index (χ1n) is 15.2. The quantitative estimate of drug-likeness (QED) is 0.311. The van der Waals surface area contributed by atoms with Gasteiger partial charge >= 0.3 is 12.2 Å². The molecule has 5 heterocycles. The van der Waals surface area contributed by atoms with Gasteiger partial charge < -0.3 is 35.1 Å². The molecule has 258 valence electrons. The Morgan fingerprint density at radius 2 is 1.77 bits per heavy atom. The topological polar surface area (TPSA) is 148 Å². The molecule has 0 radical (unpaired) electrons. The van der Waals surface area contributed by atoms with E-state index in [-0.39, 0.29) is 62.0 Å². The van der Waals surface area contributed by atoms with Crippen LogP contribution in [0.5, 0.6) is 11.8 Å². The summed E-state index contributed by atoms with van der Waals surface area (Å²) >= 11 is 6.48. The molecule has 16 heteroatoms. The maximum absolute atomic E-state index is 13.1. The molecule has 0 spiro atoms. The number of nitrogens with zero attached hydrogens (tertiary/aromatic N) is 4. The molecule has 0 atom stereocenters. The van der Waals surface area contributed by atoms with Crippen molar-refractivity contribution >= 4 is 46.8 Å².